The third kappa shape index (κ3) is 6.76. The molecule has 21 heavy (non-hydrogen) atoms. The van der Waals surface area contributed by atoms with Gasteiger partial charge in [-0.1, -0.05) is 13.8 Å². The zero-order valence-corrected chi connectivity index (χ0v) is 14.2. The Hall–Kier alpha value is -0.650. The summed E-state index contributed by atoms with van der Waals surface area (Å²) in [5, 5.41) is 3.44. The van der Waals surface area contributed by atoms with Crippen LogP contribution in [0.5, 0.6) is 0 Å². The van der Waals surface area contributed by atoms with E-state index in [2.05, 4.69) is 31.0 Å². The van der Waals surface area contributed by atoms with Crippen LogP contribution in [-0.2, 0) is 9.53 Å². The Balaban J connectivity index is 2.22. The van der Waals surface area contributed by atoms with E-state index in [1.165, 1.54) is 6.42 Å². The number of carbonyl (C=O) groups is 1. The van der Waals surface area contributed by atoms with E-state index in [1.54, 1.807) is 0 Å². The average molecular weight is 299 g/mol. The van der Waals surface area contributed by atoms with Crippen LogP contribution in [-0.4, -0.2) is 73.7 Å². The van der Waals surface area contributed by atoms with E-state index >= 15 is 0 Å². The first-order chi connectivity index (χ1) is 10.1. The number of ether oxygens (including phenoxy) is 1. The highest BCUT2D eigenvalue weighted by Gasteiger charge is 2.23. The van der Waals surface area contributed by atoms with E-state index in [0.717, 1.165) is 39.1 Å². The van der Waals surface area contributed by atoms with E-state index in [4.69, 9.17) is 4.74 Å². The van der Waals surface area contributed by atoms with Gasteiger partial charge in [-0.25, -0.2) is 0 Å². The number of hydrogen-bond donors (Lipinski definition) is 1. The number of hydrogen-bond acceptors (Lipinski definition) is 4. The van der Waals surface area contributed by atoms with Gasteiger partial charge in [-0.3, -0.25) is 4.79 Å². The molecule has 1 amide bonds. The van der Waals surface area contributed by atoms with Gasteiger partial charge in [-0.2, -0.15) is 0 Å². The largest absolute Gasteiger partial charge is 0.378 e. The van der Waals surface area contributed by atoms with Crippen LogP contribution in [0.4, 0.5) is 0 Å². The number of nitrogens with zero attached hydrogens (tertiary/aromatic N) is 2. The Labute approximate surface area is 130 Å². The number of amides is 1. The van der Waals surface area contributed by atoms with Crippen LogP contribution in [0.3, 0.4) is 0 Å². The minimum atomic E-state index is -0.105. The molecule has 5 nitrogen and oxygen atoms in total. The maximum atomic E-state index is 12.3. The Morgan fingerprint density at radius 2 is 1.86 bits per heavy atom. The molecule has 0 aromatic heterocycles. The van der Waals surface area contributed by atoms with Crippen molar-refractivity contribution in [1.82, 2.24) is 15.1 Å². The number of carbonyl (C=O) groups excluding carboxylic acids is 1. The fourth-order valence-corrected chi connectivity index (χ4v) is 2.80. The minimum Gasteiger partial charge on any atom is -0.378 e. The van der Waals surface area contributed by atoms with Crippen molar-refractivity contribution in [2.75, 3.05) is 45.9 Å². The van der Waals surface area contributed by atoms with Gasteiger partial charge in [0.2, 0.25) is 5.91 Å². The Morgan fingerprint density at radius 3 is 2.43 bits per heavy atom. The predicted octanol–water partition coefficient (Wildman–Crippen LogP) is 1.33. The fraction of sp³-hybridized carbons (Fsp3) is 0.938. The van der Waals surface area contributed by atoms with E-state index in [1.807, 2.05) is 11.8 Å². The van der Waals surface area contributed by atoms with E-state index in [9.17, 15) is 4.79 Å². The SMILES string of the molecule is CCN(CC)CCCC(C)NC(C)C(=O)N1CCOCC1. The molecule has 0 aromatic rings. The van der Waals surface area contributed by atoms with Crippen LogP contribution in [0.2, 0.25) is 0 Å². The molecular weight excluding hydrogens is 266 g/mol. The Kier molecular flexibility index (Phi) is 8.88. The van der Waals surface area contributed by atoms with Gasteiger partial charge in [0.25, 0.3) is 0 Å². The second kappa shape index (κ2) is 10.1. The highest BCUT2D eigenvalue weighted by Crippen LogP contribution is 2.04. The summed E-state index contributed by atoms with van der Waals surface area (Å²) in [6.45, 7) is 14.7. The monoisotopic (exact) mass is 299 g/mol. The molecule has 1 aliphatic rings. The molecule has 5 heteroatoms. The predicted molar refractivity (Wildman–Crippen MR) is 86.5 cm³/mol. The highest BCUT2D eigenvalue weighted by molar-refractivity contribution is 5.81. The van der Waals surface area contributed by atoms with Gasteiger partial charge in [-0.15, -0.1) is 0 Å². The van der Waals surface area contributed by atoms with Crippen molar-refractivity contribution in [3.63, 3.8) is 0 Å². The fourth-order valence-electron chi connectivity index (χ4n) is 2.80. The van der Waals surface area contributed by atoms with Crippen molar-refractivity contribution >= 4 is 5.91 Å². The lowest BCUT2D eigenvalue weighted by atomic mass is 10.1. The summed E-state index contributed by atoms with van der Waals surface area (Å²) in [7, 11) is 0. The summed E-state index contributed by atoms with van der Waals surface area (Å²) in [5.74, 6) is 0.203. The van der Waals surface area contributed by atoms with Crippen LogP contribution in [0.25, 0.3) is 0 Å². The average Bonchev–Trinajstić information content (AvgIpc) is 2.51. The van der Waals surface area contributed by atoms with Crippen molar-refractivity contribution in [3.05, 3.63) is 0 Å². The minimum absolute atomic E-state index is 0.105. The van der Waals surface area contributed by atoms with Crippen molar-refractivity contribution in [1.29, 1.82) is 0 Å². The van der Waals surface area contributed by atoms with Crippen molar-refractivity contribution in [2.45, 2.75) is 52.6 Å². The van der Waals surface area contributed by atoms with Gasteiger partial charge in [0.15, 0.2) is 0 Å². The smallest absolute Gasteiger partial charge is 0.239 e. The van der Waals surface area contributed by atoms with Gasteiger partial charge in [-0.05, 0) is 46.3 Å². The van der Waals surface area contributed by atoms with Gasteiger partial charge < -0.3 is 19.9 Å². The molecule has 124 valence electrons. The third-order valence-electron chi connectivity index (χ3n) is 4.23. The summed E-state index contributed by atoms with van der Waals surface area (Å²) in [6.07, 6.45) is 2.28. The van der Waals surface area contributed by atoms with Crippen molar-refractivity contribution < 1.29 is 9.53 Å². The maximum Gasteiger partial charge on any atom is 0.239 e. The van der Waals surface area contributed by atoms with Crippen LogP contribution < -0.4 is 5.32 Å². The zero-order chi connectivity index (χ0) is 15.7. The molecule has 1 rings (SSSR count). The molecule has 1 heterocycles. The topological polar surface area (TPSA) is 44.8 Å². The second-order valence-corrected chi connectivity index (χ2v) is 5.90. The standard InChI is InChI=1S/C16H33N3O2/c1-5-18(6-2)9-7-8-14(3)17-15(4)16(20)19-10-12-21-13-11-19/h14-15,17H,5-13H2,1-4H3. The first-order valence-corrected chi connectivity index (χ1v) is 8.43. The quantitative estimate of drug-likeness (QED) is 0.698. The summed E-state index contributed by atoms with van der Waals surface area (Å²) in [4.78, 5) is 16.7. The maximum absolute atomic E-state index is 12.3. The molecule has 1 aliphatic heterocycles. The lowest BCUT2D eigenvalue weighted by Crippen LogP contribution is -2.51. The summed E-state index contributed by atoms with van der Waals surface area (Å²) in [5.41, 5.74) is 0. The first kappa shape index (κ1) is 18.4. The molecule has 0 bridgehead atoms. The van der Waals surface area contributed by atoms with Gasteiger partial charge >= 0.3 is 0 Å². The molecule has 2 unspecified atom stereocenters. The lowest BCUT2D eigenvalue weighted by Gasteiger charge is -2.30. The van der Waals surface area contributed by atoms with Gasteiger partial charge in [0, 0.05) is 19.1 Å². The van der Waals surface area contributed by atoms with E-state index in [-0.39, 0.29) is 11.9 Å². The van der Waals surface area contributed by atoms with E-state index < -0.39 is 0 Å². The zero-order valence-electron chi connectivity index (χ0n) is 14.2. The molecule has 1 fully saturated rings. The third-order valence-corrected chi connectivity index (χ3v) is 4.23. The summed E-state index contributed by atoms with van der Waals surface area (Å²) >= 11 is 0. The molecular formula is C16H33N3O2. The number of morpholine rings is 1. The van der Waals surface area contributed by atoms with Gasteiger partial charge in [0.05, 0.1) is 19.3 Å². The van der Waals surface area contributed by atoms with Crippen LogP contribution in [0, 0.1) is 0 Å². The molecule has 0 spiro atoms. The molecule has 0 saturated carbocycles. The molecule has 1 N–H and O–H groups in total. The summed E-state index contributed by atoms with van der Waals surface area (Å²) in [6, 6.07) is 0.270. The van der Waals surface area contributed by atoms with Crippen LogP contribution in [0.15, 0.2) is 0 Å². The molecule has 2 atom stereocenters. The van der Waals surface area contributed by atoms with Crippen molar-refractivity contribution in [2.24, 2.45) is 0 Å². The lowest BCUT2D eigenvalue weighted by molar-refractivity contribution is -0.137. The molecule has 0 aromatic carbocycles. The number of rotatable bonds is 9. The highest BCUT2D eigenvalue weighted by atomic mass is 16.5. The summed E-state index contributed by atoms with van der Waals surface area (Å²) < 4.78 is 5.29. The van der Waals surface area contributed by atoms with Crippen LogP contribution >= 0.6 is 0 Å². The van der Waals surface area contributed by atoms with Crippen LogP contribution in [0.1, 0.15) is 40.5 Å². The normalized spacial score (nSPS) is 18.8. The molecule has 0 aliphatic carbocycles. The second-order valence-electron chi connectivity index (χ2n) is 5.90. The van der Waals surface area contributed by atoms with Gasteiger partial charge in [0.1, 0.15) is 0 Å². The first-order valence-electron chi connectivity index (χ1n) is 8.43. The number of nitrogens with one attached hydrogen (secondary N) is 1. The van der Waals surface area contributed by atoms with Crippen molar-refractivity contribution in [3.8, 4) is 0 Å². The molecule has 1 saturated heterocycles. The Bertz CT molecular complexity index is 289. The van der Waals surface area contributed by atoms with E-state index in [0.29, 0.717) is 19.3 Å². The molecule has 0 radical (unpaired) electrons. The Morgan fingerprint density at radius 1 is 1.24 bits per heavy atom.